The molecule has 1 aromatic rings. The van der Waals surface area contributed by atoms with E-state index in [1.165, 1.54) is 11.1 Å². The summed E-state index contributed by atoms with van der Waals surface area (Å²) < 4.78 is 0. The molecular formula is C17H22ClN3O2. The topological polar surface area (TPSA) is 62.7 Å². The molecule has 124 valence electrons. The van der Waals surface area contributed by atoms with Crippen molar-refractivity contribution < 1.29 is 9.63 Å². The third-order valence-corrected chi connectivity index (χ3v) is 5.05. The van der Waals surface area contributed by atoms with Crippen LogP contribution in [0.3, 0.4) is 0 Å². The molecule has 1 spiro atoms. The minimum Gasteiger partial charge on any atom is -0.388 e. The summed E-state index contributed by atoms with van der Waals surface area (Å²) in [5.74, 6) is -0.0721. The van der Waals surface area contributed by atoms with E-state index < -0.39 is 0 Å². The SMILES string of the molecule is Cl.O=C(N[C@@H]1CCc2ccccc21)C1=NOC2(CCNCC2)C1. The Morgan fingerprint density at radius 3 is 2.91 bits per heavy atom. The lowest BCUT2D eigenvalue weighted by Crippen LogP contribution is -2.43. The van der Waals surface area contributed by atoms with Crippen LogP contribution in [0.15, 0.2) is 29.4 Å². The molecule has 1 atom stereocenters. The number of fused-ring (bicyclic) bond motifs is 1. The zero-order chi connectivity index (χ0) is 15.0. The molecule has 2 N–H and O–H groups in total. The molecule has 0 unspecified atom stereocenters. The third kappa shape index (κ3) is 3.08. The number of aryl methyl sites for hydroxylation is 1. The van der Waals surface area contributed by atoms with Crippen LogP contribution in [0.2, 0.25) is 0 Å². The highest BCUT2D eigenvalue weighted by atomic mass is 35.5. The van der Waals surface area contributed by atoms with Crippen LogP contribution >= 0.6 is 12.4 Å². The van der Waals surface area contributed by atoms with Gasteiger partial charge in [0.05, 0.1) is 6.04 Å². The maximum absolute atomic E-state index is 12.5. The Labute approximate surface area is 142 Å². The summed E-state index contributed by atoms with van der Waals surface area (Å²) in [6, 6.07) is 8.44. The molecule has 1 aromatic carbocycles. The number of oxime groups is 1. The van der Waals surface area contributed by atoms with Crippen molar-refractivity contribution in [2.24, 2.45) is 5.16 Å². The lowest BCUT2D eigenvalue weighted by molar-refractivity contribution is -0.115. The minimum absolute atomic E-state index is 0. The van der Waals surface area contributed by atoms with Crippen molar-refractivity contribution in [3.8, 4) is 0 Å². The number of halogens is 1. The van der Waals surface area contributed by atoms with Gasteiger partial charge >= 0.3 is 0 Å². The zero-order valence-corrected chi connectivity index (χ0v) is 13.8. The number of amides is 1. The van der Waals surface area contributed by atoms with E-state index in [1.54, 1.807) is 0 Å². The maximum Gasteiger partial charge on any atom is 0.269 e. The van der Waals surface area contributed by atoms with E-state index in [0.29, 0.717) is 12.1 Å². The van der Waals surface area contributed by atoms with Crippen molar-refractivity contribution in [2.75, 3.05) is 13.1 Å². The molecule has 3 aliphatic rings. The fourth-order valence-electron chi connectivity index (χ4n) is 3.74. The molecule has 2 aliphatic heterocycles. The maximum atomic E-state index is 12.5. The van der Waals surface area contributed by atoms with Crippen LogP contribution in [0.1, 0.15) is 42.9 Å². The van der Waals surface area contributed by atoms with Gasteiger partial charge in [0.2, 0.25) is 0 Å². The van der Waals surface area contributed by atoms with Crippen molar-refractivity contribution in [2.45, 2.75) is 43.7 Å². The zero-order valence-electron chi connectivity index (χ0n) is 13.0. The van der Waals surface area contributed by atoms with Crippen molar-refractivity contribution in [1.82, 2.24) is 10.6 Å². The first-order valence-corrected chi connectivity index (χ1v) is 8.10. The van der Waals surface area contributed by atoms with Crippen molar-refractivity contribution in [3.05, 3.63) is 35.4 Å². The molecule has 4 rings (SSSR count). The Balaban J connectivity index is 0.00000156. The molecule has 2 heterocycles. The second-order valence-corrected chi connectivity index (χ2v) is 6.50. The molecule has 5 nitrogen and oxygen atoms in total. The first-order chi connectivity index (χ1) is 10.8. The predicted octanol–water partition coefficient (Wildman–Crippen LogP) is 2.11. The fraction of sp³-hybridized carbons (Fsp3) is 0.529. The second-order valence-electron chi connectivity index (χ2n) is 6.50. The van der Waals surface area contributed by atoms with Crippen LogP contribution in [0.4, 0.5) is 0 Å². The van der Waals surface area contributed by atoms with Gasteiger partial charge < -0.3 is 15.5 Å². The average molecular weight is 336 g/mol. The molecule has 6 heteroatoms. The molecule has 0 saturated carbocycles. The number of carbonyl (C=O) groups excluding carboxylic acids is 1. The number of piperidine rings is 1. The fourth-order valence-corrected chi connectivity index (χ4v) is 3.74. The molecule has 0 radical (unpaired) electrons. The Morgan fingerprint density at radius 1 is 1.30 bits per heavy atom. The standard InChI is InChI=1S/C17H21N3O2.ClH/c21-16(15-11-17(22-20-15)7-9-18-10-8-17)19-14-6-5-12-3-1-2-4-13(12)14;/h1-4,14,18H,5-11H2,(H,19,21);1H/t14-;/m1./s1. The monoisotopic (exact) mass is 335 g/mol. The summed E-state index contributed by atoms with van der Waals surface area (Å²) in [6.45, 7) is 1.86. The second kappa shape index (κ2) is 6.49. The van der Waals surface area contributed by atoms with E-state index in [0.717, 1.165) is 38.8 Å². The number of nitrogens with zero attached hydrogens (tertiary/aromatic N) is 1. The quantitative estimate of drug-likeness (QED) is 0.870. The van der Waals surface area contributed by atoms with Crippen LogP contribution in [0.25, 0.3) is 0 Å². The normalized spacial score (nSPS) is 24.3. The first kappa shape index (κ1) is 16.3. The van der Waals surface area contributed by atoms with Crippen LogP contribution in [0.5, 0.6) is 0 Å². The van der Waals surface area contributed by atoms with Crippen molar-refractivity contribution in [3.63, 3.8) is 0 Å². The number of rotatable bonds is 2. The third-order valence-electron chi connectivity index (χ3n) is 5.05. The van der Waals surface area contributed by atoms with Crippen LogP contribution in [-0.2, 0) is 16.1 Å². The molecule has 23 heavy (non-hydrogen) atoms. The van der Waals surface area contributed by atoms with Crippen LogP contribution in [0, 0.1) is 0 Å². The highest BCUT2D eigenvalue weighted by Crippen LogP contribution is 2.34. The van der Waals surface area contributed by atoms with E-state index in [4.69, 9.17) is 4.84 Å². The van der Waals surface area contributed by atoms with Crippen molar-refractivity contribution >= 4 is 24.0 Å². The molecule has 1 saturated heterocycles. The van der Waals surface area contributed by atoms with Gasteiger partial charge in [-0.05, 0) is 37.1 Å². The Kier molecular flexibility index (Phi) is 4.60. The molecule has 0 bridgehead atoms. The van der Waals surface area contributed by atoms with Gasteiger partial charge in [-0.25, -0.2) is 0 Å². The number of carbonyl (C=O) groups is 1. The number of nitrogens with one attached hydrogen (secondary N) is 2. The number of hydrogen-bond acceptors (Lipinski definition) is 4. The molecule has 1 aliphatic carbocycles. The highest BCUT2D eigenvalue weighted by Gasteiger charge is 2.42. The average Bonchev–Trinajstić information content (AvgIpc) is 3.14. The van der Waals surface area contributed by atoms with Gasteiger partial charge in [-0.15, -0.1) is 12.4 Å². The molecule has 1 amide bonds. The Morgan fingerprint density at radius 2 is 2.09 bits per heavy atom. The summed E-state index contributed by atoms with van der Waals surface area (Å²) in [7, 11) is 0. The van der Waals surface area contributed by atoms with Crippen molar-refractivity contribution in [1.29, 1.82) is 0 Å². The molecule has 0 aromatic heterocycles. The lowest BCUT2D eigenvalue weighted by atomic mass is 9.87. The first-order valence-electron chi connectivity index (χ1n) is 8.10. The van der Waals surface area contributed by atoms with E-state index in [1.807, 2.05) is 6.07 Å². The van der Waals surface area contributed by atoms with Gasteiger partial charge in [-0.3, -0.25) is 4.79 Å². The van der Waals surface area contributed by atoms with E-state index >= 15 is 0 Å². The summed E-state index contributed by atoms with van der Waals surface area (Å²) in [5, 5.41) is 10.5. The largest absolute Gasteiger partial charge is 0.388 e. The lowest BCUT2D eigenvalue weighted by Gasteiger charge is -2.30. The van der Waals surface area contributed by atoms with E-state index in [2.05, 4.69) is 34.0 Å². The summed E-state index contributed by atoms with van der Waals surface area (Å²) >= 11 is 0. The summed E-state index contributed by atoms with van der Waals surface area (Å²) in [4.78, 5) is 18.1. The smallest absolute Gasteiger partial charge is 0.269 e. The Hall–Kier alpha value is -1.59. The van der Waals surface area contributed by atoms with E-state index in [9.17, 15) is 4.79 Å². The minimum atomic E-state index is -0.245. The summed E-state index contributed by atoms with van der Waals surface area (Å²) in [6.07, 6.45) is 4.46. The van der Waals surface area contributed by atoms with Gasteiger partial charge in [0.25, 0.3) is 5.91 Å². The van der Waals surface area contributed by atoms with Crippen LogP contribution < -0.4 is 10.6 Å². The number of hydrogen-bond donors (Lipinski definition) is 2. The molecule has 1 fully saturated rings. The van der Waals surface area contributed by atoms with Crippen LogP contribution in [-0.4, -0.2) is 30.3 Å². The molecular weight excluding hydrogens is 314 g/mol. The van der Waals surface area contributed by atoms with Gasteiger partial charge in [0.1, 0.15) is 11.3 Å². The van der Waals surface area contributed by atoms with Gasteiger partial charge in [0, 0.05) is 19.3 Å². The van der Waals surface area contributed by atoms with Gasteiger partial charge in [-0.1, -0.05) is 29.4 Å². The Bertz CT molecular complexity index is 626. The van der Waals surface area contributed by atoms with Gasteiger partial charge in [-0.2, -0.15) is 0 Å². The van der Waals surface area contributed by atoms with E-state index in [-0.39, 0.29) is 30.0 Å². The summed E-state index contributed by atoms with van der Waals surface area (Å²) in [5.41, 5.74) is 2.89. The van der Waals surface area contributed by atoms with Gasteiger partial charge in [0.15, 0.2) is 0 Å². The highest BCUT2D eigenvalue weighted by molar-refractivity contribution is 6.39. The number of benzene rings is 1. The predicted molar refractivity (Wildman–Crippen MR) is 90.9 cm³/mol.